The third kappa shape index (κ3) is 3.44. The molecule has 2 atom stereocenters. The highest BCUT2D eigenvalue weighted by Crippen LogP contribution is 2.41. The van der Waals surface area contributed by atoms with Crippen LogP contribution in [0.4, 0.5) is 4.79 Å². The second kappa shape index (κ2) is 5.64. The van der Waals surface area contributed by atoms with Gasteiger partial charge in [0.2, 0.25) is 5.88 Å². The Bertz CT molecular complexity index is 834. The summed E-state index contributed by atoms with van der Waals surface area (Å²) in [5.41, 5.74) is 0.0681. The molecule has 1 aliphatic rings. The van der Waals surface area contributed by atoms with Gasteiger partial charge in [-0.2, -0.15) is 5.26 Å². The van der Waals surface area contributed by atoms with Crippen LogP contribution in [0.1, 0.15) is 39.7 Å². The van der Waals surface area contributed by atoms with E-state index in [1.165, 1.54) is 11.3 Å². The van der Waals surface area contributed by atoms with Crippen LogP contribution in [0.25, 0.3) is 10.2 Å². The van der Waals surface area contributed by atoms with Gasteiger partial charge in [-0.25, -0.2) is 9.78 Å². The van der Waals surface area contributed by atoms with E-state index >= 15 is 0 Å². The predicted octanol–water partition coefficient (Wildman–Crippen LogP) is 3.60. The molecule has 0 saturated heterocycles. The predicted molar refractivity (Wildman–Crippen MR) is 91.1 cm³/mol. The average Bonchev–Trinajstić information content (AvgIpc) is 2.89. The summed E-state index contributed by atoms with van der Waals surface area (Å²) in [6, 6.07) is 5.62. The van der Waals surface area contributed by atoms with Gasteiger partial charge in [0.05, 0.1) is 16.3 Å². The summed E-state index contributed by atoms with van der Waals surface area (Å²) in [5, 5.41) is 14.0. The molecule has 2 aromatic heterocycles. The van der Waals surface area contributed by atoms with Crippen molar-refractivity contribution in [3.63, 3.8) is 0 Å². The van der Waals surface area contributed by atoms with E-state index in [0.717, 1.165) is 10.2 Å². The number of nitrogens with one attached hydrogen (secondary N) is 1. The Kier molecular flexibility index (Phi) is 3.88. The number of rotatable bonds is 3. The van der Waals surface area contributed by atoms with Crippen LogP contribution >= 0.6 is 11.3 Å². The number of aromatic nitrogens is 1. The van der Waals surface area contributed by atoms with Crippen molar-refractivity contribution in [2.45, 2.75) is 51.4 Å². The molecule has 24 heavy (non-hydrogen) atoms. The van der Waals surface area contributed by atoms with Crippen molar-refractivity contribution in [3.8, 4) is 11.9 Å². The molecule has 0 aliphatic heterocycles. The zero-order valence-electron chi connectivity index (χ0n) is 14.0. The van der Waals surface area contributed by atoms with Crippen LogP contribution in [0.5, 0.6) is 5.88 Å². The summed E-state index contributed by atoms with van der Waals surface area (Å²) in [6.45, 7) is 7.33. The Morgan fingerprint density at radius 2 is 2.29 bits per heavy atom. The van der Waals surface area contributed by atoms with Gasteiger partial charge < -0.3 is 14.8 Å². The Labute approximate surface area is 144 Å². The SMILES string of the molecule is CC(C)(C)OC(=O)NC1CC1(C)Oc1nc2ccsc2cc1C#N. The number of pyridine rings is 1. The maximum Gasteiger partial charge on any atom is 0.408 e. The number of nitrogens with zero attached hydrogens (tertiary/aromatic N) is 2. The fourth-order valence-electron chi connectivity index (χ4n) is 2.37. The molecule has 0 aromatic carbocycles. The number of hydrogen-bond donors (Lipinski definition) is 1. The summed E-state index contributed by atoms with van der Waals surface area (Å²) in [6.07, 6.45) is 0.169. The lowest BCUT2D eigenvalue weighted by atomic mass is 10.2. The first kappa shape index (κ1) is 16.5. The number of carbonyl (C=O) groups is 1. The zero-order valence-corrected chi connectivity index (χ0v) is 14.9. The van der Waals surface area contributed by atoms with Crippen molar-refractivity contribution >= 4 is 27.6 Å². The summed E-state index contributed by atoms with van der Waals surface area (Å²) >= 11 is 1.53. The molecular formula is C17H19N3O3S. The lowest BCUT2D eigenvalue weighted by Crippen LogP contribution is -2.37. The molecule has 1 aliphatic carbocycles. The lowest BCUT2D eigenvalue weighted by Gasteiger charge is -2.21. The first-order chi connectivity index (χ1) is 11.2. The van der Waals surface area contributed by atoms with Crippen LogP contribution in [0.2, 0.25) is 0 Å². The van der Waals surface area contributed by atoms with Crippen LogP contribution in [0.15, 0.2) is 17.5 Å². The Morgan fingerprint density at radius 1 is 1.54 bits per heavy atom. The highest BCUT2D eigenvalue weighted by Gasteiger charge is 2.55. The Morgan fingerprint density at radius 3 is 2.96 bits per heavy atom. The summed E-state index contributed by atoms with van der Waals surface area (Å²) in [4.78, 5) is 16.3. The molecule has 1 amide bonds. The van der Waals surface area contributed by atoms with Crippen molar-refractivity contribution in [1.82, 2.24) is 10.3 Å². The standard InChI is InChI=1S/C17H19N3O3S/c1-16(2,3)23-15(21)20-13-8-17(13,4)22-14-10(9-18)7-12-11(19-14)5-6-24-12/h5-7,13H,8H2,1-4H3,(H,20,21). The average molecular weight is 345 g/mol. The maximum atomic E-state index is 11.9. The van der Waals surface area contributed by atoms with E-state index in [4.69, 9.17) is 9.47 Å². The normalized spacial score (nSPS) is 22.7. The number of amides is 1. The number of hydrogen-bond acceptors (Lipinski definition) is 6. The van der Waals surface area contributed by atoms with Gasteiger partial charge in [-0.05, 0) is 45.2 Å². The maximum absolute atomic E-state index is 11.9. The number of nitriles is 1. The molecule has 2 unspecified atom stereocenters. The molecule has 2 heterocycles. The number of thiophene rings is 1. The summed E-state index contributed by atoms with van der Waals surface area (Å²) in [7, 11) is 0. The zero-order chi connectivity index (χ0) is 17.5. The van der Waals surface area contributed by atoms with Crippen molar-refractivity contribution in [2.24, 2.45) is 0 Å². The second-order valence-corrected chi connectivity index (χ2v) is 8.02. The van der Waals surface area contributed by atoms with E-state index in [1.807, 2.05) is 39.1 Å². The molecule has 126 valence electrons. The van der Waals surface area contributed by atoms with Crippen LogP contribution in [0.3, 0.4) is 0 Å². The smallest absolute Gasteiger partial charge is 0.408 e. The number of alkyl carbamates (subject to hydrolysis) is 1. The molecule has 1 N–H and O–H groups in total. The van der Waals surface area contributed by atoms with Gasteiger partial charge in [0.1, 0.15) is 22.8 Å². The first-order valence-corrected chi connectivity index (χ1v) is 8.55. The van der Waals surface area contributed by atoms with Crippen LogP contribution in [-0.4, -0.2) is 28.3 Å². The van der Waals surface area contributed by atoms with Gasteiger partial charge in [0.15, 0.2) is 0 Å². The Balaban J connectivity index is 1.71. The van der Waals surface area contributed by atoms with Crippen molar-refractivity contribution in [2.75, 3.05) is 0 Å². The van der Waals surface area contributed by atoms with Crippen molar-refractivity contribution in [1.29, 1.82) is 5.26 Å². The molecule has 1 fully saturated rings. The van der Waals surface area contributed by atoms with E-state index < -0.39 is 17.3 Å². The topological polar surface area (TPSA) is 84.2 Å². The molecule has 0 bridgehead atoms. The van der Waals surface area contributed by atoms with Crippen LogP contribution in [0, 0.1) is 11.3 Å². The Hall–Kier alpha value is -2.33. The van der Waals surface area contributed by atoms with Gasteiger partial charge in [-0.1, -0.05) is 0 Å². The summed E-state index contributed by atoms with van der Waals surface area (Å²) < 4.78 is 12.2. The fourth-order valence-corrected chi connectivity index (χ4v) is 3.13. The largest absolute Gasteiger partial charge is 0.468 e. The molecule has 3 rings (SSSR count). The minimum Gasteiger partial charge on any atom is -0.468 e. The number of ether oxygens (including phenoxy) is 2. The molecule has 7 heteroatoms. The van der Waals surface area contributed by atoms with E-state index in [-0.39, 0.29) is 6.04 Å². The minimum absolute atomic E-state index is 0.168. The van der Waals surface area contributed by atoms with E-state index in [1.54, 1.807) is 6.07 Å². The third-order valence-electron chi connectivity index (χ3n) is 3.73. The molecular weight excluding hydrogens is 326 g/mol. The van der Waals surface area contributed by atoms with Crippen LogP contribution < -0.4 is 10.1 Å². The molecule has 0 radical (unpaired) electrons. The molecule has 1 saturated carbocycles. The second-order valence-electron chi connectivity index (χ2n) is 7.07. The fraction of sp³-hybridized carbons (Fsp3) is 0.471. The highest BCUT2D eigenvalue weighted by molar-refractivity contribution is 7.17. The van der Waals surface area contributed by atoms with Gasteiger partial charge in [-0.15, -0.1) is 11.3 Å². The molecule has 2 aromatic rings. The van der Waals surface area contributed by atoms with E-state index in [9.17, 15) is 10.1 Å². The van der Waals surface area contributed by atoms with Crippen LogP contribution in [-0.2, 0) is 4.74 Å². The minimum atomic E-state index is -0.584. The van der Waals surface area contributed by atoms with E-state index in [0.29, 0.717) is 17.9 Å². The summed E-state index contributed by atoms with van der Waals surface area (Å²) in [5.74, 6) is 0.305. The van der Waals surface area contributed by atoms with Crippen molar-refractivity contribution in [3.05, 3.63) is 23.1 Å². The lowest BCUT2D eigenvalue weighted by molar-refractivity contribution is 0.0502. The first-order valence-electron chi connectivity index (χ1n) is 7.67. The van der Waals surface area contributed by atoms with Gasteiger partial charge >= 0.3 is 6.09 Å². The molecule has 6 nitrogen and oxygen atoms in total. The molecule has 0 spiro atoms. The third-order valence-corrected chi connectivity index (χ3v) is 4.58. The quantitative estimate of drug-likeness (QED) is 0.919. The van der Waals surface area contributed by atoms with Gasteiger partial charge in [0, 0.05) is 6.42 Å². The number of carbonyl (C=O) groups excluding carboxylic acids is 1. The highest BCUT2D eigenvalue weighted by atomic mass is 32.1. The van der Waals surface area contributed by atoms with E-state index in [2.05, 4.69) is 16.4 Å². The van der Waals surface area contributed by atoms with Gasteiger partial charge in [0.25, 0.3) is 0 Å². The van der Waals surface area contributed by atoms with Crippen molar-refractivity contribution < 1.29 is 14.3 Å². The van der Waals surface area contributed by atoms with Gasteiger partial charge in [-0.3, -0.25) is 0 Å². The monoisotopic (exact) mass is 345 g/mol. The number of fused-ring (bicyclic) bond motifs is 1.